The number of hydrogen-bond donors (Lipinski definition) is 0. The molecule has 2 heterocycles. The summed E-state index contributed by atoms with van der Waals surface area (Å²) in [4.78, 5) is 16.4. The number of hydrogen-bond acceptors (Lipinski definition) is 3. The van der Waals surface area contributed by atoms with E-state index in [2.05, 4.69) is 70.2 Å². The van der Waals surface area contributed by atoms with E-state index < -0.39 is 0 Å². The normalized spacial score (nSPS) is 22.5. The molecule has 0 aromatic heterocycles. The van der Waals surface area contributed by atoms with Crippen LogP contribution < -0.4 is 4.90 Å². The molecule has 2 aromatic carbocycles. The van der Waals surface area contributed by atoms with E-state index in [9.17, 15) is 4.79 Å². The Labute approximate surface area is 169 Å². The third-order valence-electron chi connectivity index (χ3n) is 5.66. The van der Waals surface area contributed by atoms with Crippen molar-refractivity contribution in [2.45, 2.75) is 32.4 Å². The van der Waals surface area contributed by atoms with Gasteiger partial charge in [-0.25, -0.2) is 0 Å². The maximum Gasteiger partial charge on any atom is 0.219 e. The third kappa shape index (κ3) is 3.76. The first-order valence-electron chi connectivity index (χ1n) is 9.51. The summed E-state index contributed by atoms with van der Waals surface area (Å²) in [5.41, 5.74) is 5.03. The van der Waals surface area contributed by atoms with Crippen LogP contribution in [0, 0.1) is 6.92 Å². The van der Waals surface area contributed by atoms with Crippen LogP contribution in [0.3, 0.4) is 0 Å². The minimum Gasteiger partial charge on any atom is -0.371 e. The fraction of sp³-hybridized carbons (Fsp3) is 0.409. The van der Waals surface area contributed by atoms with Gasteiger partial charge in [0.25, 0.3) is 0 Å². The molecule has 0 N–H and O–H groups in total. The van der Waals surface area contributed by atoms with E-state index >= 15 is 0 Å². The molecule has 1 amide bonds. The average Bonchev–Trinajstić information content (AvgIpc) is 2.67. The molecule has 2 unspecified atom stereocenters. The Balaban J connectivity index is 1.71. The van der Waals surface area contributed by atoms with Gasteiger partial charge in [-0.1, -0.05) is 39.7 Å². The standard InChI is InChI=1S/C22H25BrN2O2/c1-15-3-6-19(7-4-15)25-11-10-24(16(2)26)14-21(25)22-20-8-5-18(23)13-17(20)9-12-27-22/h3-8,13,21-22H,9-12,14H2,1-2H3. The van der Waals surface area contributed by atoms with E-state index in [1.807, 2.05) is 4.90 Å². The average molecular weight is 429 g/mol. The van der Waals surface area contributed by atoms with Gasteiger partial charge in [0.2, 0.25) is 5.91 Å². The van der Waals surface area contributed by atoms with Crippen LogP contribution in [0.15, 0.2) is 46.9 Å². The Kier molecular flexibility index (Phi) is 5.24. The molecule has 4 nitrogen and oxygen atoms in total. The van der Waals surface area contributed by atoms with Crippen molar-refractivity contribution in [3.05, 3.63) is 63.6 Å². The molecule has 2 atom stereocenters. The lowest BCUT2D eigenvalue weighted by Crippen LogP contribution is -2.57. The second-order valence-electron chi connectivity index (χ2n) is 7.45. The second kappa shape index (κ2) is 7.64. The highest BCUT2D eigenvalue weighted by Gasteiger charge is 2.37. The molecular weight excluding hydrogens is 404 g/mol. The van der Waals surface area contributed by atoms with Gasteiger partial charge in [0.1, 0.15) is 6.10 Å². The first-order chi connectivity index (χ1) is 13.0. The summed E-state index contributed by atoms with van der Waals surface area (Å²) in [6, 6.07) is 15.2. The van der Waals surface area contributed by atoms with Crippen molar-refractivity contribution in [2.24, 2.45) is 0 Å². The number of piperazine rings is 1. The maximum atomic E-state index is 12.1. The van der Waals surface area contributed by atoms with Crippen LogP contribution in [0.1, 0.15) is 29.7 Å². The number of carbonyl (C=O) groups is 1. The Bertz CT molecular complexity index is 837. The van der Waals surface area contributed by atoms with Crippen LogP contribution in [0.25, 0.3) is 0 Å². The monoisotopic (exact) mass is 428 g/mol. The zero-order valence-corrected chi connectivity index (χ0v) is 17.4. The van der Waals surface area contributed by atoms with Crippen LogP contribution in [0.5, 0.6) is 0 Å². The Morgan fingerprint density at radius 1 is 1.15 bits per heavy atom. The van der Waals surface area contributed by atoms with E-state index in [4.69, 9.17) is 4.74 Å². The SMILES string of the molecule is CC(=O)N1CCN(c2ccc(C)cc2)C(C2OCCc3cc(Br)ccc32)C1. The highest BCUT2D eigenvalue weighted by atomic mass is 79.9. The number of amides is 1. The number of rotatable bonds is 2. The van der Waals surface area contributed by atoms with Crippen molar-refractivity contribution in [1.29, 1.82) is 0 Å². The van der Waals surface area contributed by atoms with E-state index in [0.29, 0.717) is 13.2 Å². The van der Waals surface area contributed by atoms with Crippen molar-refractivity contribution in [3.63, 3.8) is 0 Å². The molecular formula is C22H25BrN2O2. The molecule has 0 radical (unpaired) electrons. The van der Waals surface area contributed by atoms with Crippen LogP contribution in [0.2, 0.25) is 0 Å². The number of ether oxygens (including phenoxy) is 1. The van der Waals surface area contributed by atoms with E-state index in [1.54, 1.807) is 6.92 Å². The predicted molar refractivity (Wildman–Crippen MR) is 111 cm³/mol. The summed E-state index contributed by atoms with van der Waals surface area (Å²) >= 11 is 3.59. The molecule has 0 bridgehead atoms. The number of anilines is 1. The Morgan fingerprint density at radius 3 is 2.67 bits per heavy atom. The smallest absolute Gasteiger partial charge is 0.219 e. The molecule has 142 valence electrons. The summed E-state index contributed by atoms with van der Waals surface area (Å²) in [5, 5.41) is 0. The van der Waals surface area contributed by atoms with E-state index in [0.717, 1.165) is 24.0 Å². The van der Waals surface area contributed by atoms with Crippen molar-refractivity contribution in [1.82, 2.24) is 4.90 Å². The fourth-order valence-electron chi connectivity index (χ4n) is 4.18. The predicted octanol–water partition coefficient (Wildman–Crippen LogP) is 4.11. The Hall–Kier alpha value is -1.85. The lowest BCUT2D eigenvalue weighted by molar-refractivity contribution is -0.130. The summed E-state index contributed by atoms with van der Waals surface area (Å²) in [7, 11) is 0. The van der Waals surface area contributed by atoms with Crippen LogP contribution in [-0.2, 0) is 16.0 Å². The first kappa shape index (κ1) is 18.5. The molecule has 2 aliphatic rings. The van der Waals surface area contributed by atoms with Gasteiger partial charge in [-0.3, -0.25) is 4.79 Å². The highest BCUT2D eigenvalue weighted by Crippen LogP contribution is 2.36. The van der Waals surface area contributed by atoms with Crippen molar-refractivity contribution in [3.8, 4) is 0 Å². The van der Waals surface area contributed by atoms with E-state index in [-0.39, 0.29) is 18.1 Å². The van der Waals surface area contributed by atoms with Crippen LogP contribution in [0.4, 0.5) is 5.69 Å². The van der Waals surface area contributed by atoms with Gasteiger partial charge in [0.05, 0.1) is 12.6 Å². The zero-order valence-electron chi connectivity index (χ0n) is 15.8. The minimum atomic E-state index is -0.0368. The number of aryl methyl sites for hydroxylation is 1. The summed E-state index contributed by atoms with van der Waals surface area (Å²) in [6.07, 6.45) is 0.893. The van der Waals surface area contributed by atoms with Gasteiger partial charge in [-0.05, 0) is 48.7 Å². The quantitative estimate of drug-likeness (QED) is 0.721. The fourth-order valence-corrected chi connectivity index (χ4v) is 4.59. The number of carbonyl (C=O) groups excluding carboxylic acids is 1. The second-order valence-corrected chi connectivity index (χ2v) is 8.36. The van der Waals surface area contributed by atoms with Gasteiger partial charge < -0.3 is 14.5 Å². The maximum absolute atomic E-state index is 12.1. The minimum absolute atomic E-state index is 0.0368. The topological polar surface area (TPSA) is 32.8 Å². The van der Waals surface area contributed by atoms with Gasteiger partial charge >= 0.3 is 0 Å². The number of nitrogens with zero attached hydrogens (tertiary/aromatic N) is 2. The molecule has 5 heteroatoms. The Morgan fingerprint density at radius 2 is 1.93 bits per heavy atom. The number of halogens is 1. The molecule has 0 spiro atoms. The molecule has 2 aromatic rings. The lowest BCUT2D eigenvalue weighted by atomic mass is 9.91. The largest absolute Gasteiger partial charge is 0.371 e. The van der Waals surface area contributed by atoms with Gasteiger partial charge in [0.15, 0.2) is 0 Å². The van der Waals surface area contributed by atoms with Crippen molar-refractivity contribution >= 4 is 27.5 Å². The van der Waals surface area contributed by atoms with Crippen molar-refractivity contribution < 1.29 is 9.53 Å². The van der Waals surface area contributed by atoms with E-state index in [1.165, 1.54) is 22.4 Å². The molecule has 4 rings (SSSR count). The van der Waals surface area contributed by atoms with Gasteiger partial charge in [-0.15, -0.1) is 0 Å². The molecule has 0 saturated carbocycles. The van der Waals surface area contributed by atoms with Crippen LogP contribution in [-0.4, -0.2) is 43.1 Å². The molecule has 2 aliphatic heterocycles. The summed E-state index contributed by atoms with van der Waals surface area (Å²) in [6.45, 7) is 6.73. The number of fused-ring (bicyclic) bond motifs is 1. The highest BCUT2D eigenvalue weighted by molar-refractivity contribution is 9.10. The first-order valence-corrected chi connectivity index (χ1v) is 10.3. The van der Waals surface area contributed by atoms with Gasteiger partial charge in [0, 0.05) is 36.7 Å². The van der Waals surface area contributed by atoms with Gasteiger partial charge in [-0.2, -0.15) is 0 Å². The summed E-state index contributed by atoms with van der Waals surface area (Å²) < 4.78 is 7.40. The number of benzene rings is 2. The third-order valence-corrected chi connectivity index (χ3v) is 6.15. The zero-order chi connectivity index (χ0) is 19.0. The van der Waals surface area contributed by atoms with Crippen molar-refractivity contribution in [2.75, 3.05) is 31.1 Å². The van der Waals surface area contributed by atoms with Crippen LogP contribution >= 0.6 is 15.9 Å². The lowest BCUT2D eigenvalue weighted by Gasteiger charge is -2.47. The summed E-state index contributed by atoms with van der Waals surface area (Å²) in [5.74, 6) is 0.135. The molecule has 1 fully saturated rings. The molecule has 0 aliphatic carbocycles. The molecule has 1 saturated heterocycles. The molecule has 27 heavy (non-hydrogen) atoms.